The van der Waals surface area contributed by atoms with E-state index in [0.717, 1.165) is 6.07 Å². The molecule has 0 bridgehead atoms. The molecule has 0 fully saturated rings. The molecule has 1 aromatic carbocycles. The summed E-state index contributed by atoms with van der Waals surface area (Å²) in [5.41, 5.74) is 0.172. The number of Topliss-reactive ketones (excluding diaryl/α,β-unsaturated/α-hetero) is 1. The number of alkyl halides is 1. The van der Waals surface area contributed by atoms with Gasteiger partial charge in [0, 0.05) is 6.42 Å². The Kier molecular flexibility index (Phi) is 3.25. The van der Waals surface area contributed by atoms with Gasteiger partial charge in [-0.05, 0) is 23.8 Å². The van der Waals surface area contributed by atoms with Crippen molar-refractivity contribution < 1.29 is 14.3 Å². The van der Waals surface area contributed by atoms with E-state index in [9.17, 15) is 9.18 Å². The van der Waals surface area contributed by atoms with Crippen LogP contribution in [0.25, 0.3) is 0 Å². The molecule has 0 amide bonds. The minimum Gasteiger partial charge on any atom is -0.508 e. The average Bonchev–Trinajstić information content (AvgIpc) is 2.11. The van der Waals surface area contributed by atoms with E-state index in [-0.39, 0.29) is 29.4 Å². The quantitative estimate of drug-likeness (QED) is 0.760. The molecule has 0 aliphatic carbocycles. The number of phenolic OH excluding ortho intramolecular Hbond substituents is 1. The Morgan fingerprint density at radius 2 is 2.23 bits per heavy atom. The summed E-state index contributed by atoms with van der Waals surface area (Å²) in [5, 5.41) is 9.01. The highest BCUT2D eigenvalue weighted by atomic mass is 35.5. The Bertz CT molecular complexity index is 325. The number of phenols is 1. The van der Waals surface area contributed by atoms with Gasteiger partial charge in [0.15, 0.2) is 5.78 Å². The van der Waals surface area contributed by atoms with Gasteiger partial charge in [0.1, 0.15) is 11.6 Å². The molecule has 1 N–H and O–H groups in total. The highest BCUT2D eigenvalue weighted by molar-refractivity contribution is 6.27. The predicted octanol–water partition coefficient (Wildman–Crippen LogP) is 1.88. The van der Waals surface area contributed by atoms with Gasteiger partial charge in [0.25, 0.3) is 0 Å². The molecule has 4 heteroatoms. The van der Waals surface area contributed by atoms with Crippen molar-refractivity contribution in [2.24, 2.45) is 0 Å². The molecule has 0 aliphatic heterocycles. The molecule has 0 heterocycles. The summed E-state index contributed by atoms with van der Waals surface area (Å²) in [6.45, 7) is 0. The fourth-order valence-corrected chi connectivity index (χ4v) is 1.05. The Hall–Kier alpha value is -1.09. The van der Waals surface area contributed by atoms with E-state index in [1.54, 1.807) is 0 Å². The fourth-order valence-electron chi connectivity index (χ4n) is 0.956. The van der Waals surface area contributed by atoms with E-state index in [0.29, 0.717) is 0 Å². The number of hydrogen-bond donors (Lipinski definition) is 1. The van der Waals surface area contributed by atoms with Crippen LogP contribution in [0.5, 0.6) is 5.75 Å². The predicted molar refractivity (Wildman–Crippen MR) is 47.5 cm³/mol. The van der Waals surface area contributed by atoms with E-state index < -0.39 is 5.82 Å². The van der Waals surface area contributed by atoms with Crippen LogP contribution in [0.15, 0.2) is 18.2 Å². The summed E-state index contributed by atoms with van der Waals surface area (Å²) in [6.07, 6.45) is -0.0796. The lowest BCUT2D eigenvalue weighted by Crippen LogP contribution is -2.05. The van der Waals surface area contributed by atoms with Crippen LogP contribution in [0, 0.1) is 5.82 Å². The number of aromatic hydroxyl groups is 1. The van der Waals surface area contributed by atoms with Crippen LogP contribution in [-0.4, -0.2) is 16.8 Å². The maximum atomic E-state index is 13.0. The largest absolute Gasteiger partial charge is 0.508 e. The van der Waals surface area contributed by atoms with E-state index in [1.807, 2.05) is 0 Å². The number of carbonyl (C=O) groups excluding carboxylic acids is 1. The molecule has 1 aromatic rings. The van der Waals surface area contributed by atoms with Crippen LogP contribution < -0.4 is 0 Å². The minimum atomic E-state index is -0.503. The van der Waals surface area contributed by atoms with Crippen molar-refractivity contribution in [1.82, 2.24) is 0 Å². The van der Waals surface area contributed by atoms with E-state index in [4.69, 9.17) is 16.7 Å². The summed E-state index contributed by atoms with van der Waals surface area (Å²) >= 11 is 5.26. The highest BCUT2D eigenvalue weighted by Crippen LogP contribution is 2.15. The summed E-state index contributed by atoms with van der Waals surface area (Å²) in [5.74, 6) is -0.976. The van der Waals surface area contributed by atoms with Crippen molar-refractivity contribution in [2.45, 2.75) is 6.42 Å². The first-order valence-electron chi connectivity index (χ1n) is 3.68. The first kappa shape index (κ1) is 9.99. The van der Waals surface area contributed by atoms with E-state index >= 15 is 0 Å². The zero-order chi connectivity index (χ0) is 9.84. The lowest BCUT2D eigenvalue weighted by Gasteiger charge is -2.01. The number of rotatable bonds is 3. The van der Waals surface area contributed by atoms with Crippen molar-refractivity contribution in [2.75, 3.05) is 5.88 Å². The highest BCUT2D eigenvalue weighted by Gasteiger charge is 2.07. The summed E-state index contributed by atoms with van der Waals surface area (Å²) in [6, 6.07) is 3.57. The van der Waals surface area contributed by atoms with Crippen LogP contribution >= 0.6 is 11.6 Å². The molecule has 0 atom stereocenters. The molecule has 0 unspecified atom stereocenters. The molecule has 2 nitrogen and oxygen atoms in total. The Morgan fingerprint density at radius 1 is 1.54 bits per heavy atom. The normalized spacial score (nSPS) is 10.0. The van der Waals surface area contributed by atoms with Crippen molar-refractivity contribution >= 4 is 17.4 Å². The summed E-state index contributed by atoms with van der Waals surface area (Å²) in [4.78, 5) is 10.9. The van der Waals surface area contributed by atoms with Crippen LogP contribution in [0.3, 0.4) is 0 Å². The van der Waals surface area contributed by atoms with Crippen molar-refractivity contribution in [1.29, 1.82) is 0 Å². The maximum Gasteiger partial charge on any atom is 0.152 e. The first-order valence-corrected chi connectivity index (χ1v) is 4.22. The van der Waals surface area contributed by atoms with Gasteiger partial charge >= 0.3 is 0 Å². The summed E-state index contributed by atoms with van der Waals surface area (Å²) < 4.78 is 13.0. The SMILES string of the molecule is O=C(CCl)Cc1cc(O)ccc1F. The third-order valence-electron chi connectivity index (χ3n) is 1.57. The zero-order valence-electron chi connectivity index (χ0n) is 6.76. The zero-order valence-corrected chi connectivity index (χ0v) is 7.51. The number of carbonyl (C=O) groups is 1. The number of benzene rings is 1. The molecule has 70 valence electrons. The van der Waals surface area contributed by atoms with Gasteiger partial charge in [0.05, 0.1) is 5.88 Å². The van der Waals surface area contributed by atoms with E-state index in [1.165, 1.54) is 12.1 Å². The molecule has 0 aliphatic rings. The van der Waals surface area contributed by atoms with Gasteiger partial charge in [-0.2, -0.15) is 0 Å². The second-order valence-corrected chi connectivity index (χ2v) is 2.89. The molecular weight excluding hydrogens is 195 g/mol. The third kappa shape index (κ3) is 2.70. The van der Waals surface area contributed by atoms with Crippen LogP contribution in [0.1, 0.15) is 5.56 Å². The van der Waals surface area contributed by atoms with Crippen molar-refractivity contribution in [3.8, 4) is 5.75 Å². The molecule has 1 rings (SSSR count). The summed E-state index contributed by atoms with van der Waals surface area (Å²) in [7, 11) is 0. The Labute approximate surface area is 80.0 Å². The van der Waals surface area contributed by atoms with Crippen molar-refractivity contribution in [3.05, 3.63) is 29.6 Å². The smallest absolute Gasteiger partial charge is 0.152 e. The Balaban J connectivity index is 2.87. The molecule has 0 aromatic heterocycles. The van der Waals surface area contributed by atoms with Gasteiger partial charge in [-0.1, -0.05) is 0 Å². The van der Waals surface area contributed by atoms with Gasteiger partial charge in [0.2, 0.25) is 0 Å². The molecule has 0 saturated heterocycles. The van der Waals surface area contributed by atoms with E-state index in [2.05, 4.69) is 0 Å². The number of ketones is 1. The molecular formula is C9H8ClFO2. The van der Waals surface area contributed by atoms with Gasteiger partial charge < -0.3 is 5.11 Å². The molecule has 0 radical (unpaired) electrons. The van der Waals surface area contributed by atoms with Crippen LogP contribution in [-0.2, 0) is 11.2 Å². The first-order chi connectivity index (χ1) is 6.13. The maximum absolute atomic E-state index is 13.0. The second kappa shape index (κ2) is 4.23. The van der Waals surface area contributed by atoms with Crippen LogP contribution in [0.2, 0.25) is 0 Å². The van der Waals surface area contributed by atoms with Gasteiger partial charge in [-0.25, -0.2) is 4.39 Å². The van der Waals surface area contributed by atoms with Gasteiger partial charge in [-0.3, -0.25) is 4.79 Å². The molecule has 13 heavy (non-hydrogen) atoms. The van der Waals surface area contributed by atoms with Gasteiger partial charge in [-0.15, -0.1) is 11.6 Å². The lowest BCUT2D eigenvalue weighted by atomic mass is 10.1. The second-order valence-electron chi connectivity index (χ2n) is 2.62. The molecule has 0 spiro atoms. The number of hydrogen-bond acceptors (Lipinski definition) is 2. The molecule has 0 saturated carbocycles. The van der Waals surface area contributed by atoms with Crippen LogP contribution in [0.4, 0.5) is 4.39 Å². The average molecular weight is 203 g/mol. The fraction of sp³-hybridized carbons (Fsp3) is 0.222. The monoisotopic (exact) mass is 202 g/mol. The standard InChI is InChI=1S/C9H8ClFO2/c10-5-8(13)4-6-3-7(12)1-2-9(6)11/h1-3,12H,4-5H2. The number of halogens is 2. The minimum absolute atomic E-state index is 0.0567. The Morgan fingerprint density at radius 3 is 2.85 bits per heavy atom. The van der Waals surface area contributed by atoms with Crippen molar-refractivity contribution in [3.63, 3.8) is 0 Å². The topological polar surface area (TPSA) is 37.3 Å². The third-order valence-corrected chi connectivity index (χ3v) is 1.86. The lowest BCUT2D eigenvalue weighted by molar-refractivity contribution is -0.116.